The summed E-state index contributed by atoms with van der Waals surface area (Å²) in [5, 5.41) is 2.84. The Bertz CT molecular complexity index is 1240. The Kier molecular flexibility index (Phi) is 7.13. The summed E-state index contributed by atoms with van der Waals surface area (Å²) in [6, 6.07) is 32.2. The first kappa shape index (κ1) is 21.8. The molecule has 5 heteroatoms. The van der Waals surface area contributed by atoms with E-state index >= 15 is 0 Å². The van der Waals surface area contributed by atoms with Gasteiger partial charge in [-0.05, 0) is 73.2 Å². The van der Waals surface area contributed by atoms with Gasteiger partial charge in [-0.2, -0.15) is 0 Å². The van der Waals surface area contributed by atoms with Crippen LogP contribution in [-0.2, 0) is 4.79 Å². The third-order valence-electron chi connectivity index (χ3n) is 4.75. The fourth-order valence-electron chi connectivity index (χ4n) is 3.15. The Morgan fingerprint density at radius 3 is 2.36 bits per heavy atom. The van der Waals surface area contributed by atoms with Gasteiger partial charge in [-0.25, -0.2) is 0 Å². The van der Waals surface area contributed by atoms with Crippen LogP contribution in [0, 0.1) is 6.92 Å². The third-order valence-corrected chi connectivity index (χ3v) is 4.75. The molecule has 0 radical (unpaired) electrons. The molecule has 0 aliphatic rings. The second kappa shape index (κ2) is 10.8. The Labute approximate surface area is 193 Å². The number of aliphatic imine (C=N–C) groups is 1. The Balaban J connectivity index is 1.36. The van der Waals surface area contributed by atoms with E-state index in [0.717, 1.165) is 34.0 Å². The number of carbonyl (C=O) groups excluding carboxylic acids is 1. The molecule has 0 aromatic heterocycles. The van der Waals surface area contributed by atoms with Crippen molar-refractivity contribution < 1.29 is 14.3 Å². The van der Waals surface area contributed by atoms with Crippen molar-refractivity contribution in [3.63, 3.8) is 0 Å². The topological polar surface area (TPSA) is 59.9 Å². The monoisotopic (exact) mass is 436 g/mol. The number of amides is 1. The van der Waals surface area contributed by atoms with Gasteiger partial charge in [-0.15, -0.1) is 0 Å². The molecule has 0 fully saturated rings. The minimum absolute atomic E-state index is 0.0929. The number of benzene rings is 4. The van der Waals surface area contributed by atoms with Gasteiger partial charge in [-0.1, -0.05) is 42.5 Å². The lowest BCUT2D eigenvalue weighted by atomic mass is 10.2. The van der Waals surface area contributed by atoms with Crippen LogP contribution in [0.2, 0.25) is 0 Å². The second-order valence-corrected chi connectivity index (χ2v) is 7.41. The molecule has 4 rings (SSSR count). The number of rotatable bonds is 8. The van der Waals surface area contributed by atoms with E-state index in [9.17, 15) is 4.79 Å². The number of nitrogens with zero attached hydrogens (tertiary/aromatic N) is 1. The lowest BCUT2D eigenvalue weighted by Crippen LogP contribution is -2.20. The first-order valence-corrected chi connectivity index (χ1v) is 10.6. The molecular formula is C28H24N2O3. The smallest absolute Gasteiger partial charge is 0.262 e. The summed E-state index contributed by atoms with van der Waals surface area (Å²) < 4.78 is 11.6. The number of hydrogen-bond donors (Lipinski definition) is 1. The minimum atomic E-state index is -0.221. The molecule has 0 bridgehead atoms. The third kappa shape index (κ3) is 6.55. The van der Waals surface area contributed by atoms with Crippen molar-refractivity contribution in [1.29, 1.82) is 0 Å². The fraction of sp³-hybridized carbons (Fsp3) is 0.0714. The second-order valence-electron chi connectivity index (χ2n) is 7.41. The Morgan fingerprint density at radius 1 is 0.848 bits per heavy atom. The van der Waals surface area contributed by atoms with E-state index in [2.05, 4.69) is 10.3 Å². The molecule has 0 aliphatic heterocycles. The molecule has 0 unspecified atom stereocenters. The van der Waals surface area contributed by atoms with Crippen molar-refractivity contribution in [1.82, 2.24) is 0 Å². The zero-order valence-electron chi connectivity index (χ0n) is 18.3. The van der Waals surface area contributed by atoms with Crippen LogP contribution in [0.25, 0.3) is 0 Å². The highest BCUT2D eigenvalue weighted by molar-refractivity contribution is 5.92. The van der Waals surface area contributed by atoms with Crippen LogP contribution in [0.15, 0.2) is 108 Å². The summed E-state index contributed by atoms with van der Waals surface area (Å²) in [5.74, 6) is 1.89. The van der Waals surface area contributed by atoms with E-state index < -0.39 is 0 Å². The highest BCUT2D eigenvalue weighted by Gasteiger charge is 2.06. The summed E-state index contributed by atoms with van der Waals surface area (Å²) in [7, 11) is 0. The number of anilines is 1. The van der Waals surface area contributed by atoms with Gasteiger partial charge in [0.15, 0.2) is 6.61 Å². The molecule has 164 valence electrons. The SMILES string of the molecule is Cc1cccc(NC(=O)COc2ccccc2C=Nc2ccc(Oc3ccccc3)cc2)c1. The molecule has 0 saturated heterocycles. The number of nitrogens with one attached hydrogen (secondary N) is 1. The summed E-state index contributed by atoms with van der Waals surface area (Å²) in [4.78, 5) is 16.8. The summed E-state index contributed by atoms with van der Waals surface area (Å²) in [5.41, 5.74) is 3.39. The van der Waals surface area contributed by atoms with Crippen LogP contribution in [-0.4, -0.2) is 18.7 Å². The summed E-state index contributed by atoms with van der Waals surface area (Å²) >= 11 is 0. The summed E-state index contributed by atoms with van der Waals surface area (Å²) in [6.07, 6.45) is 1.72. The number of ether oxygens (including phenoxy) is 2. The largest absolute Gasteiger partial charge is 0.483 e. The predicted molar refractivity (Wildman–Crippen MR) is 132 cm³/mol. The maximum atomic E-state index is 12.3. The average molecular weight is 437 g/mol. The van der Waals surface area contributed by atoms with Crippen molar-refractivity contribution in [3.8, 4) is 17.2 Å². The molecule has 0 aliphatic carbocycles. The van der Waals surface area contributed by atoms with Gasteiger partial charge in [0.25, 0.3) is 5.91 Å². The molecule has 0 saturated carbocycles. The van der Waals surface area contributed by atoms with E-state index in [0.29, 0.717) is 5.75 Å². The van der Waals surface area contributed by atoms with Gasteiger partial charge in [0.2, 0.25) is 0 Å². The molecule has 0 atom stereocenters. The highest BCUT2D eigenvalue weighted by Crippen LogP contribution is 2.24. The predicted octanol–water partition coefficient (Wildman–Crippen LogP) is 6.56. The Morgan fingerprint density at radius 2 is 1.58 bits per heavy atom. The zero-order valence-corrected chi connectivity index (χ0v) is 18.3. The number of para-hydroxylation sites is 2. The van der Waals surface area contributed by atoms with Gasteiger partial charge in [0, 0.05) is 17.5 Å². The standard InChI is InChI=1S/C28H24N2O3/c1-21-8-7-10-24(18-21)30-28(31)20-32-27-13-6-5-9-22(27)19-29-23-14-16-26(17-15-23)33-25-11-3-2-4-12-25/h2-19H,20H2,1H3,(H,30,31). The van der Waals surface area contributed by atoms with Gasteiger partial charge < -0.3 is 14.8 Å². The molecule has 0 spiro atoms. The number of carbonyl (C=O) groups is 1. The minimum Gasteiger partial charge on any atom is -0.483 e. The lowest BCUT2D eigenvalue weighted by Gasteiger charge is -2.10. The van der Waals surface area contributed by atoms with Crippen LogP contribution in [0.4, 0.5) is 11.4 Å². The quantitative estimate of drug-likeness (QED) is 0.318. The van der Waals surface area contributed by atoms with E-state index in [4.69, 9.17) is 9.47 Å². The highest BCUT2D eigenvalue weighted by atomic mass is 16.5. The zero-order chi connectivity index (χ0) is 22.9. The number of hydrogen-bond acceptors (Lipinski definition) is 4. The van der Waals surface area contributed by atoms with Crippen LogP contribution in [0.1, 0.15) is 11.1 Å². The molecule has 0 heterocycles. The van der Waals surface area contributed by atoms with Gasteiger partial charge in [0.1, 0.15) is 17.2 Å². The fourth-order valence-corrected chi connectivity index (χ4v) is 3.15. The van der Waals surface area contributed by atoms with Crippen LogP contribution in [0.3, 0.4) is 0 Å². The first-order valence-electron chi connectivity index (χ1n) is 10.6. The van der Waals surface area contributed by atoms with E-state index in [1.54, 1.807) is 6.21 Å². The van der Waals surface area contributed by atoms with Crippen molar-refractivity contribution in [2.24, 2.45) is 4.99 Å². The molecule has 4 aromatic carbocycles. The Hall–Kier alpha value is -4.38. The molecule has 4 aromatic rings. The van der Waals surface area contributed by atoms with Gasteiger partial charge in [0.05, 0.1) is 5.69 Å². The van der Waals surface area contributed by atoms with E-state index in [1.165, 1.54) is 0 Å². The normalized spacial score (nSPS) is 10.7. The van der Waals surface area contributed by atoms with Gasteiger partial charge in [-0.3, -0.25) is 9.79 Å². The van der Waals surface area contributed by atoms with Crippen molar-refractivity contribution >= 4 is 23.5 Å². The van der Waals surface area contributed by atoms with Crippen LogP contribution < -0.4 is 14.8 Å². The van der Waals surface area contributed by atoms with Crippen molar-refractivity contribution in [2.45, 2.75) is 6.92 Å². The molecule has 1 N–H and O–H groups in total. The van der Waals surface area contributed by atoms with Crippen molar-refractivity contribution in [2.75, 3.05) is 11.9 Å². The maximum absolute atomic E-state index is 12.3. The summed E-state index contributed by atoms with van der Waals surface area (Å²) in [6.45, 7) is 1.88. The maximum Gasteiger partial charge on any atom is 0.262 e. The van der Waals surface area contributed by atoms with Gasteiger partial charge >= 0.3 is 0 Å². The van der Waals surface area contributed by atoms with E-state index in [1.807, 2.05) is 110 Å². The molecule has 5 nitrogen and oxygen atoms in total. The molecular weight excluding hydrogens is 412 g/mol. The van der Waals surface area contributed by atoms with E-state index in [-0.39, 0.29) is 12.5 Å². The average Bonchev–Trinajstić information content (AvgIpc) is 2.83. The van der Waals surface area contributed by atoms with Crippen molar-refractivity contribution in [3.05, 3.63) is 114 Å². The van der Waals surface area contributed by atoms with Crippen LogP contribution in [0.5, 0.6) is 17.2 Å². The molecule has 33 heavy (non-hydrogen) atoms. The molecule has 1 amide bonds. The lowest BCUT2D eigenvalue weighted by molar-refractivity contribution is -0.118. The number of aryl methyl sites for hydroxylation is 1. The van der Waals surface area contributed by atoms with Crippen LogP contribution >= 0.6 is 0 Å². The first-order chi connectivity index (χ1) is 16.2.